The Kier molecular flexibility index (Phi) is 3.92. The first kappa shape index (κ1) is 15.7. The van der Waals surface area contributed by atoms with Crippen LogP contribution in [-0.2, 0) is 4.79 Å². The van der Waals surface area contributed by atoms with Crippen LogP contribution in [-0.4, -0.2) is 25.2 Å². The van der Waals surface area contributed by atoms with Crippen molar-refractivity contribution in [3.8, 4) is 0 Å². The number of carbonyl (C=O) groups is 1. The van der Waals surface area contributed by atoms with Crippen molar-refractivity contribution in [2.75, 3.05) is 18.4 Å². The molecule has 0 radical (unpaired) electrons. The Balaban J connectivity index is 2.35. The van der Waals surface area contributed by atoms with E-state index in [-0.39, 0.29) is 12.1 Å². The van der Waals surface area contributed by atoms with Crippen LogP contribution in [0.5, 0.6) is 0 Å². The lowest BCUT2D eigenvalue weighted by Gasteiger charge is -2.29. The van der Waals surface area contributed by atoms with E-state index in [1.54, 1.807) is 5.32 Å². The summed E-state index contributed by atoms with van der Waals surface area (Å²) in [6, 6.07) is 2.03. The molecule has 1 atom stereocenters. The van der Waals surface area contributed by atoms with E-state index >= 15 is 0 Å². The number of rotatable bonds is 2. The van der Waals surface area contributed by atoms with E-state index in [0.717, 1.165) is 12.1 Å². The van der Waals surface area contributed by atoms with Crippen LogP contribution in [0.2, 0.25) is 0 Å². The van der Waals surface area contributed by atoms with Crippen LogP contribution >= 0.6 is 0 Å². The Morgan fingerprint density at radius 1 is 1.33 bits per heavy atom. The van der Waals surface area contributed by atoms with E-state index < -0.39 is 47.8 Å². The highest BCUT2D eigenvalue weighted by Gasteiger charge is 2.61. The van der Waals surface area contributed by atoms with Crippen LogP contribution in [0.15, 0.2) is 12.1 Å². The van der Waals surface area contributed by atoms with Crippen molar-refractivity contribution in [1.82, 2.24) is 5.32 Å². The minimum absolute atomic E-state index is 0.00567. The first-order valence-corrected chi connectivity index (χ1v) is 6.22. The molecule has 0 bridgehead atoms. The molecular weight excluding hydrogens is 295 g/mol. The topological polar surface area (TPSA) is 41.1 Å². The lowest BCUT2D eigenvalue weighted by molar-refractivity contribution is -0.213. The largest absolute Gasteiger partial charge is 0.404 e. The fraction of sp³-hybridized carbons (Fsp3) is 0.462. The Labute approximate surface area is 117 Å². The lowest BCUT2D eigenvalue weighted by Crippen LogP contribution is -2.49. The van der Waals surface area contributed by atoms with Crippen molar-refractivity contribution >= 4 is 11.6 Å². The molecule has 1 amide bonds. The number of benzene rings is 1. The summed E-state index contributed by atoms with van der Waals surface area (Å²) in [6.07, 6.45) is -5.28. The number of hydrogen-bond donors (Lipinski definition) is 2. The monoisotopic (exact) mass is 308 g/mol. The van der Waals surface area contributed by atoms with Gasteiger partial charge in [-0.1, -0.05) is 6.07 Å². The van der Waals surface area contributed by atoms with Crippen molar-refractivity contribution in [1.29, 1.82) is 0 Å². The standard InChI is InChI=1S/C13H13F5N2O/c1-7-2-3-8(14)10(9(7)15)20-11(21)12(13(16,17)18)4-5-19-6-12/h2-3,19H,4-6H2,1H3,(H,20,21). The summed E-state index contributed by atoms with van der Waals surface area (Å²) in [7, 11) is 0. The molecule has 0 aromatic heterocycles. The maximum Gasteiger partial charge on any atom is 0.404 e. The lowest BCUT2D eigenvalue weighted by atomic mass is 9.85. The second kappa shape index (κ2) is 5.25. The second-order valence-corrected chi connectivity index (χ2v) is 5.01. The molecule has 116 valence electrons. The third kappa shape index (κ3) is 2.59. The first-order chi connectivity index (χ1) is 9.69. The minimum atomic E-state index is -4.81. The van der Waals surface area contributed by atoms with Crippen LogP contribution in [0.1, 0.15) is 12.0 Å². The maximum atomic E-state index is 13.8. The highest BCUT2D eigenvalue weighted by Crippen LogP contribution is 2.44. The second-order valence-electron chi connectivity index (χ2n) is 5.01. The average molecular weight is 308 g/mol. The van der Waals surface area contributed by atoms with Gasteiger partial charge in [0.1, 0.15) is 11.5 Å². The fourth-order valence-electron chi connectivity index (χ4n) is 2.26. The molecule has 0 spiro atoms. The Morgan fingerprint density at radius 2 is 2.00 bits per heavy atom. The van der Waals surface area contributed by atoms with E-state index in [2.05, 4.69) is 5.32 Å². The number of anilines is 1. The van der Waals surface area contributed by atoms with E-state index in [1.807, 2.05) is 0 Å². The first-order valence-electron chi connectivity index (χ1n) is 6.22. The molecule has 0 aliphatic carbocycles. The summed E-state index contributed by atoms with van der Waals surface area (Å²) >= 11 is 0. The molecule has 1 fully saturated rings. The number of nitrogens with one attached hydrogen (secondary N) is 2. The Hall–Kier alpha value is -1.70. The molecule has 1 aromatic rings. The summed E-state index contributed by atoms with van der Waals surface area (Å²) < 4.78 is 66.8. The van der Waals surface area contributed by atoms with Crippen LogP contribution < -0.4 is 10.6 Å². The third-order valence-electron chi connectivity index (χ3n) is 3.66. The van der Waals surface area contributed by atoms with Crippen molar-refractivity contribution < 1.29 is 26.7 Å². The van der Waals surface area contributed by atoms with Crippen LogP contribution in [0.25, 0.3) is 0 Å². The Bertz CT molecular complexity index is 564. The zero-order valence-electron chi connectivity index (χ0n) is 11.1. The molecule has 0 saturated carbocycles. The van der Waals surface area contributed by atoms with E-state index in [1.165, 1.54) is 6.92 Å². The summed E-state index contributed by atoms with van der Waals surface area (Å²) in [5.41, 5.74) is -3.50. The number of alkyl halides is 3. The van der Waals surface area contributed by atoms with Crippen molar-refractivity contribution in [3.63, 3.8) is 0 Å². The molecule has 2 N–H and O–H groups in total. The highest BCUT2D eigenvalue weighted by molar-refractivity contribution is 5.96. The smallest absolute Gasteiger partial charge is 0.320 e. The van der Waals surface area contributed by atoms with Gasteiger partial charge in [0.05, 0.1) is 0 Å². The quantitative estimate of drug-likeness (QED) is 0.825. The van der Waals surface area contributed by atoms with Gasteiger partial charge in [0.2, 0.25) is 5.91 Å². The van der Waals surface area contributed by atoms with Crippen LogP contribution in [0.4, 0.5) is 27.6 Å². The molecule has 1 heterocycles. The van der Waals surface area contributed by atoms with Gasteiger partial charge in [0, 0.05) is 6.54 Å². The fourth-order valence-corrected chi connectivity index (χ4v) is 2.26. The van der Waals surface area contributed by atoms with Crippen molar-refractivity contribution in [2.45, 2.75) is 19.5 Å². The molecule has 1 aliphatic rings. The molecule has 8 heteroatoms. The number of carbonyl (C=O) groups excluding carboxylic acids is 1. The molecule has 1 aromatic carbocycles. The van der Waals surface area contributed by atoms with E-state index in [0.29, 0.717) is 0 Å². The van der Waals surface area contributed by atoms with E-state index in [9.17, 15) is 26.7 Å². The van der Waals surface area contributed by atoms with Gasteiger partial charge in [-0.25, -0.2) is 8.78 Å². The number of amides is 1. The van der Waals surface area contributed by atoms with Crippen molar-refractivity contribution in [2.24, 2.45) is 5.41 Å². The summed E-state index contributed by atoms with van der Waals surface area (Å²) in [5, 5.41) is 4.22. The minimum Gasteiger partial charge on any atom is -0.320 e. The predicted molar refractivity (Wildman–Crippen MR) is 65.7 cm³/mol. The number of hydrogen-bond acceptors (Lipinski definition) is 2. The van der Waals surface area contributed by atoms with Gasteiger partial charge in [0.15, 0.2) is 11.2 Å². The SMILES string of the molecule is Cc1ccc(F)c(NC(=O)C2(C(F)(F)F)CCNC2)c1F. The maximum absolute atomic E-state index is 13.8. The van der Waals surface area contributed by atoms with Gasteiger partial charge in [-0.15, -0.1) is 0 Å². The van der Waals surface area contributed by atoms with Crippen LogP contribution in [0.3, 0.4) is 0 Å². The van der Waals surface area contributed by atoms with Gasteiger partial charge in [-0.3, -0.25) is 4.79 Å². The summed E-state index contributed by atoms with van der Waals surface area (Å²) in [4.78, 5) is 12.0. The molecule has 3 nitrogen and oxygen atoms in total. The van der Waals surface area contributed by atoms with Crippen LogP contribution in [0, 0.1) is 24.0 Å². The van der Waals surface area contributed by atoms with Gasteiger partial charge >= 0.3 is 6.18 Å². The molecule has 2 rings (SSSR count). The molecule has 1 unspecified atom stereocenters. The summed E-state index contributed by atoms with van der Waals surface area (Å²) in [6.45, 7) is 0.712. The summed E-state index contributed by atoms with van der Waals surface area (Å²) in [5.74, 6) is -3.65. The molecule has 1 saturated heterocycles. The van der Waals surface area contributed by atoms with Gasteiger partial charge in [-0.2, -0.15) is 13.2 Å². The number of aryl methyl sites for hydroxylation is 1. The number of halogens is 5. The van der Waals surface area contributed by atoms with Gasteiger partial charge in [-0.05, 0) is 31.5 Å². The van der Waals surface area contributed by atoms with E-state index in [4.69, 9.17) is 0 Å². The average Bonchev–Trinajstić information content (AvgIpc) is 2.89. The van der Waals surface area contributed by atoms with Crippen molar-refractivity contribution in [3.05, 3.63) is 29.3 Å². The molecule has 1 aliphatic heterocycles. The molecular formula is C13H13F5N2O. The zero-order chi connectivity index (χ0) is 15.8. The van der Waals surface area contributed by atoms with Gasteiger partial charge in [0.25, 0.3) is 0 Å². The zero-order valence-corrected chi connectivity index (χ0v) is 11.1. The molecule has 21 heavy (non-hydrogen) atoms. The van der Waals surface area contributed by atoms with Gasteiger partial charge < -0.3 is 10.6 Å². The normalized spacial score (nSPS) is 22.4. The third-order valence-corrected chi connectivity index (χ3v) is 3.66. The highest BCUT2D eigenvalue weighted by atomic mass is 19.4. The Morgan fingerprint density at radius 3 is 2.52 bits per heavy atom. The predicted octanol–water partition coefficient (Wildman–Crippen LogP) is 2.75.